The van der Waals surface area contributed by atoms with Crippen molar-refractivity contribution in [1.29, 1.82) is 0 Å². The predicted molar refractivity (Wildman–Crippen MR) is 84.1 cm³/mol. The highest BCUT2D eigenvalue weighted by Crippen LogP contribution is 2.24. The topological polar surface area (TPSA) is 45.4 Å². The molecule has 0 atom stereocenters. The van der Waals surface area contributed by atoms with Gasteiger partial charge in [-0.3, -0.25) is 4.90 Å². The van der Waals surface area contributed by atoms with Crippen LogP contribution in [0.1, 0.15) is 5.56 Å². The lowest BCUT2D eigenvalue weighted by atomic mass is 10.1. The minimum atomic E-state index is -0.251. The van der Waals surface area contributed by atoms with Crippen LogP contribution in [0.5, 0.6) is 0 Å². The molecule has 0 bridgehead atoms. The molecule has 0 radical (unpaired) electrons. The average molecular weight is 288 g/mol. The summed E-state index contributed by atoms with van der Waals surface area (Å²) in [7, 11) is 0. The van der Waals surface area contributed by atoms with Crippen LogP contribution in [0.25, 0.3) is 10.9 Å². The zero-order valence-electron chi connectivity index (χ0n) is 12.3. The summed E-state index contributed by atoms with van der Waals surface area (Å²) < 4.78 is 14.0. The third-order valence-electron chi connectivity index (χ3n) is 4.13. The van der Waals surface area contributed by atoms with Crippen LogP contribution in [-0.4, -0.2) is 49.2 Å². The van der Waals surface area contributed by atoms with Gasteiger partial charge in [0.15, 0.2) is 0 Å². The number of piperazine rings is 1. The van der Waals surface area contributed by atoms with Crippen LogP contribution in [-0.2, 0) is 0 Å². The summed E-state index contributed by atoms with van der Waals surface area (Å²) in [5.74, 6) is 0.622. The molecule has 0 amide bonds. The minimum absolute atomic E-state index is 0.251. The fourth-order valence-electron chi connectivity index (χ4n) is 2.91. The van der Waals surface area contributed by atoms with E-state index in [4.69, 9.17) is 5.73 Å². The quantitative estimate of drug-likeness (QED) is 0.935. The van der Waals surface area contributed by atoms with Gasteiger partial charge in [-0.2, -0.15) is 0 Å². The zero-order valence-corrected chi connectivity index (χ0v) is 12.3. The van der Waals surface area contributed by atoms with Gasteiger partial charge in [-0.05, 0) is 24.6 Å². The Morgan fingerprint density at radius 1 is 1.24 bits per heavy atom. The molecule has 1 fully saturated rings. The van der Waals surface area contributed by atoms with Crippen molar-refractivity contribution < 1.29 is 4.39 Å². The van der Waals surface area contributed by atoms with Gasteiger partial charge in [0.1, 0.15) is 17.2 Å². The summed E-state index contributed by atoms with van der Waals surface area (Å²) in [4.78, 5) is 9.12. The molecule has 1 aliphatic rings. The second-order valence-corrected chi connectivity index (χ2v) is 5.55. The maximum atomic E-state index is 14.0. The number of hydrogen-bond acceptors (Lipinski definition) is 4. The van der Waals surface area contributed by atoms with Crippen molar-refractivity contribution in [1.82, 2.24) is 9.88 Å². The second-order valence-electron chi connectivity index (χ2n) is 5.55. The number of pyridine rings is 1. The highest BCUT2D eigenvalue weighted by Gasteiger charge is 2.18. The molecule has 112 valence electrons. The molecule has 2 aromatic rings. The molecule has 0 unspecified atom stereocenters. The first-order chi connectivity index (χ1) is 10.2. The van der Waals surface area contributed by atoms with E-state index in [1.54, 1.807) is 6.07 Å². The number of anilines is 1. The van der Waals surface area contributed by atoms with Gasteiger partial charge >= 0.3 is 0 Å². The first-order valence-electron chi connectivity index (χ1n) is 7.42. The van der Waals surface area contributed by atoms with Crippen molar-refractivity contribution in [2.24, 2.45) is 5.73 Å². The summed E-state index contributed by atoms with van der Waals surface area (Å²) in [5, 5.41) is 0.889. The lowest BCUT2D eigenvalue weighted by Crippen LogP contribution is -2.48. The molecular weight excluding hydrogens is 267 g/mol. The van der Waals surface area contributed by atoms with E-state index < -0.39 is 0 Å². The van der Waals surface area contributed by atoms with Gasteiger partial charge in [-0.25, -0.2) is 9.37 Å². The van der Waals surface area contributed by atoms with E-state index in [0.717, 1.165) is 49.5 Å². The van der Waals surface area contributed by atoms with Crippen molar-refractivity contribution in [2.45, 2.75) is 6.92 Å². The molecule has 4 nitrogen and oxygen atoms in total. The molecule has 0 spiro atoms. The molecule has 21 heavy (non-hydrogen) atoms. The summed E-state index contributed by atoms with van der Waals surface area (Å²) in [6.07, 6.45) is 0. The highest BCUT2D eigenvalue weighted by atomic mass is 19.1. The lowest BCUT2D eigenvalue weighted by molar-refractivity contribution is 0.264. The molecule has 2 heterocycles. The Labute approximate surface area is 124 Å². The van der Waals surface area contributed by atoms with Crippen LogP contribution in [0.3, 0.4) is 0 Å². The van der Waals surface area contributed by atoms with Crippen molar-refractivity contribution >= 4 is 16.7 Å². The fourth-order valence-corrected chi connectivity index (χ4v) is 2.91. The Bertz CT molecular complexity index is 635. The van der Waals surface area contributed by atoms with Gasteiger partial charge in [0.25, 0.3) is 0 Å². The Hall–Kier alpha value is -1.72. The van der Waals surface area contributed by atoms with Crippen LogP contribution < -0.4 is 10.6 Å². The van der Waals surface area contributed by atoms with E-state index in [-0.39, 0.29) is 5.82 Å². The summed E-state index contributed by atoms with van der Waals surface area (Å²) in [6, 6.07) is 7.18. The van der Waals surface area contributed by atoms with E-state index in [0.29, 0.717) is 12.1 Å². The number of aromatic nitrogens is 1. The van der Waals surface area contributed by atoms with Crippen LogP contribution >= 0.6 is 0 Å². The Balaban J connectivity index is 1.87. The van der Waals surface area contributed by atoms with Gasteiger partial charge in [0, 0.05) is 44.7 Å². The van der Waals surface area contributed by atoms with Crippen molar-refractivity contribution in [2.75, 3.05) is 44.2 Å². The molecule has 1 aromatic heterocycles. The summed E-state index contributed by atoms with van der Waals surface area (Å²) in [5.41, 5.74) is 7.13. The fraction of sp³-hybridized carbons (Fsp3) is 0.438. The number of hydrogen-bond donors (Lipinski definition) is 1. The van der Waals surface area contributed by atoms with Gasteiger partial charge in [0.2, 0.25) is 0 Å². The molecule has 1 aliphatic heterocycles. The Morgan fingerprint density at radius 3 is 2.71 bits per heavy atom. The van der Waals surface area contributed by atoms with E-state index in [2.05, 4.69) is 20.9 Å². The molecule has 2 N–H and O–H groups in total. The largest absolute Gasteiger partial charge is 0.354 e. The Morgan fingerprint density at radius 2 is 2.00 bits per heavy atom. The van der Waals surface area contributed by atoms with Crippen LogP contribution in [0.4, 0.5) is 10.2 Å². The van der Waals surface area contributed by atoms with Gasteiger partial charge in [-0.1, -0.05) is 12.1 Å². The SMILES string of the molecule is Cc1cc(N2CCN(CCN)CC2)nc2c(F)cccc12. The molecule has 5 heteroatoms. The van der Waals surface area contributed by atoms with Crippen molar-refractivity contribution in [3.63, 3.8) is 0 Å². The maximum Gasteiger partial charge on any atom is 0.149 e. The van der Waals surface area contributed by atoms with E-state index >= 15 is 0 Å². The molecule has 1 saturated heterocycles. The van der Waals surface area contributed by atoms with Crippen LogP contribution in [0, 0.1) is 12.7 Å². The number of aryl methyl sites for hydroxylation is 1. The minimum Gasteiger partial charge on any atom is -0.354 e. The molecule has 0 aliphatic carbocycles. The molecular formula is C16H21FN4. The number of nitrogens with zero attached hydrogens (tertiary/aromatic N) is 3. The number of para-hydroxylation sites is 1. The first kappa shape index (κ1) is 14.2. The van der Waals surface area contributed by atoms with Crippen LogP contribution in [0.15, 0.2) is 24.3 Å². The van der Waals surface area contributed by atoms with Crippen LogP contribution in [0.2, 0.25) is 0 Å². The number of benzene rings is 1. The number of fused-ring (bicyclic) bond motifs is 1. The normalized spacial score (nSPS) is 16.6. The van der Waals surface area contributed by atoms with Gasteiger partial charge < -0.3 is 10.6 Å². The maximum absolute atomic E-state index is 14.0. The highest BCUT2D eigenvalue weighted by molar-refractivity contribution is 5.84. The zero-order chi connectivity index (χ0) is 14.8. The molecule has 0 saturated carbocycles. The van der Waals surface area contributed by atoms with Crippen molar-refractivity contribution in [3.8, 4) is 0 Å². The van der Waals surface area contributed by atoms with E-state index in [1.165, 1.54) is 6.07 Å². The van der Waals surface area contributed by atoms with Gasteiger partial charge in [0.05, 0.1) is 0 Å². The van der Waals surface area contributed by atoms with E-state index in [9.17, 15) is 4.39 Å². The monoisotopic (exact) mass is 288 g/mol. The Kier molecular flexibility index (Phi) is 4.03. The van der Waals surface area contributed by atoms with E-state index in [1.807, 2.05) is 13.0 Å². The standard InChI is InChI=1S/C16H21FN4/c1-12-11-15(19-16-13(12)3-2-4-14(16)17)21-9-7-20(6-5-18)8-10-21/h2-4,11H,5-10,18H2,1H3. The second kappa shape index (κ2) is 5.95. The number of rotatable bonds is 3. The molecule has 1 aromatic carbocycles. The lowest BCUT2D eigenvalue weighted by Gasteiger charge is -2.35. The number of halogens is 1. The third kappa shape index (κ3) is 2.84. The third-order valence-corrected chi connectivity index (χ3v) is 4.13. The van der Waals surface area contributed by atoms with Crippen molar-refractivity contribution in [3.05, 3.63) is 35.6 Å². The first-order valence-corrected chi connectivity index (χ1v) is 7.42. The molecule has 3 rings (SSSR count). The predicted octanol–water partition coefficient (Wildman–Crippen LogP) is 1.76. The summed E-state index contributed by atoms with van der Waals surface area (Å²) >= 11 is 0. The number of nitrogens with two attached hydrogens (primary N) is 1. The van der Waals surface area contributed by atoms with Gasteiger partial charge in [-0.15, -0.1) is 0 Å². The smallest absolute Gasteiger partial charge is 0.149 e. The summed E-state index contributed by atoms with van der Waals surface area (Å²) in [6.45, 7) is 7.42. The average Bonchev–Trinajstić information content (AvgIpc) is 2.49.